The van der Waals surface area contributed by atoms with Crippen LogP contribution < -0.4 is 33.3 Å². The molecule has 0 unspecified atom stereocenters. The minimum absolute atomic E-state index is 0. The minimum atomic E-state index is 0. The topological polar surface area (TPSA) is 18.0 Å². The minimum Gasteiger partial charge on any atom is -1.00 e. The summed E-state index contributed by atoms with van der Waals surface area (Å²) in [7, 11) is 2.01. The number of hydrogen-bond acceptors (Lipinski definition) is 1. The molecule has 0 N–H and O–H groups in total. The Bertz CT molecular complexity index is 810. The van der Waals surface area contributed by atoms with E-state index < -0.39 is 0 Å². The van der Waals surface area contributed by atoms with E-state index in [9.17, 15) is 0 Å². The Hall–Kier alpha value is -1.79. The van der Waals surface area contributed by atoms with Crippen LogP contribution >= 0.6 is 11.6 Å². The predicted molar refractivity (Wildman–Crippen MR) is 97.9 cm³/mol. The van der Waals surface area contributed by atoms with Gasteiger partial charge in [-0.2, -0.15) is 0 Å². The summed E-state index contributed by atoms with van der Waals surface area (Å²) in [6, 6.07) is 15.8. The summed E-state index contributed by atoms with van der Waals surface area (Å²) in [6.07, 6.45) is 10.4. The summed E-state index contributed by atoms with van der Waals surface area (Å²) in [6.45, 7) is 1.40. The zero-order valence-electron chi connectivity index (χ0n) is 14.0. The van der Waals surface area contributed by atoms with E-state index in [1.165, 1.54) is 5.56 Å². The molecule has 0 bridgehead atoms. The zero-order chi connectivity index (χ0) is 16.8. The molecule has 5 heteroatoms. The number of nitrogens with zero attached hydrogens (tertiary/aromatic N) is 2. The fourth-order valence-corrected chi connectivity index (χ4v) is 2.51. The van der Waals surface area contributed by atoms with E-state index in [2.05, 4.69) is 41.1 Å². The third-order valence-corrected chi connectivity index (χ3v) is 3.98. The van der Waals surface area contributed by atoms with Crippen LogP contribution in [-0.2, 0) is 13.6 Å². The number of aryl methyl sites for hydroxylation is 1. The third kappa shape index (κ3) is 5.90. The number of aromatic nitrogens is 2. The van der Waals surface area contributed by atoms with Crippen LogP contribution in [0.5, 0.6) is 5.75 Å². The van der Waals surface area contributed by atoms with E-state index >= 15 is 0 Å². The van der Waals surface area contributed by atoms with Gasteiger partial charge in [0.05, 0.1) is 6.54 Å². The van der Waals surface area contributed by atoms with Gasteiger partial charge in [-0.25, -0.2) is 4.57 Å². The van der Waals surface area contributed by atoms with Gasteiger partial charge in [-0.1, -0.05) is 17.7 Å². The molecule has 2 aromatic heterocycles. The molecule has 2 heterocycles. The van der Waals surface area contributed by atoms with Crippen LogP contribution in [0.25, 0.3) is 12.2 Å². The maximum atomic E-state index is 5.87. The van der Waals surface area contributed by atoms with Crippen molar-refractivity contribution < 1.29 is 33.3 Å². The Morgan fingerprint density at radius 3 is 2.48 bits per heavy atom. The van der Waals surface area contributed by atoms with Gasteiger partial charge in [0.15, 0.2) is 12.4 Å². The lowest BCUT2D eigenvalue weighted by atomic mass is 10.2. The van der Waals surface area contributed by atoms with Crippen molar-refractivity contribution in [2.24, 2.45) is 7.05 Å². The predicted octanol–water partition coefficient (Wildman–Crippen LogP) is 1.22. The second kappa shape index (κ2) is 9.63. The van der Waals surface area contributed by atoms with Crippen LogP contribution in [0.1, 0.15) is 11.3 Å². The molecule has 0 spiro atoms. The number of rotatable bonds is 6. The van der Waals surface area contributed by atoms with Gasteiger partial charge in [0, 0.05) is 29.0 Å². The van der Waals surface area contributed by atoms with E-state index in [4.69, 9.17) is 16.3 Å². The van der Waals surface area contributed by atoms with Crippen LogP contribution in [0, 0.1) is 0 Å². The van der Waals surface area contributed by atoms with Crippen molar-refractivity contribution in [2.75, 3.05) is 6.61 Å². The van der Waals surface area contributed by atoms with Gasteiger partial charge >= 0.3 is 0 Å². The van der Waals surface area contributed by atoms with Gasteiger partial charge in [0.25, 0.3) is 0 Å². The lowest BCUT2D eigenvalue weighted by molar-refractivity contribution is -0.671. The first-order valence-corrected chi connectivity index (χ1v) is 8.25. The molecule has 1 aromatic carbocycles. The summed E-state index contributed by atoms with van der Waals surface area (Å²) < 4.78 is 9.96. The first-order chi connectivity index (χ1) is 11.7. The molecule has 130 valence electrons. The second-order valence-corrected chi connectivity index (χ2v) is 6.00. The van der Waals surface area contributed by atoms with Crippen molar-refractivity contribution in [1.82, 2.24) is 4.57 Å². The summed E-state index contributed by atoms with van der Waals surface area (Å²) >= 11 is 5.87. The highest BCUT2D eigenvalue weighted by molar-refractivity contribution is 6.30. The van der Waals surface area contributed by atoms with Crippen molar-refractivity contribution in [3.8, 4) is 5.75 Å². The first-order valence-electron chi connectivity index (χ1n) is 7.87. The van der Waals surface area contributed by atoms with E-state index in [1.807, 2.05) is 54.3 Å². The van der Waals surface area contributed by atoms with Crippen molar-refractivity contribution >= 4 is 23.8 Å². The summed E-state index contributed by atoms with van der Waals surface area (Å²) in [5, 5.41) is 0.717. The van der Waals surface area contributed by atoms with E-state index in [0.717, 1.165) is 23.0 Å². The van der Waals surface area contributed by atoms with Crippen LogP contribution in [0.4, 0.5) is 0 Å². The SMILES string of the molecule is C[n+]1ccc(/C=C/c2cccn2CCOc2ccc(Cl)cc2)cc1.[I-]. The molecule has 3 aromatic rings. The van der Waals surface area contributed by atoms with Crippen molar-refractivity contribution in [3.05, 3.63) is 83.4 Å². The Labute approximate surface area is 170 Å². The molecule has 25 heavy (non-hydrogen) atoms. The molecule has 3 nitrogen and oxygen atoms in total. The number of halogens is 2. The van der Waals surface area contributed by atoms with E-state index in [1.54, 1.807) is 0 Å². The first kappa shape index (κ1) is 19.5. The van der Waals surface area contributed by atoms with Crippen LogP contribution in [0.3, 0.4) is 0 Å². The van der Waals surface area contributed by atoms with E-state index in [-0.39, 0.29) is 24.0 Å². The number of pyridine rings is 1. The third-order valence-electron chi connectivity index (χ3n) is 3.73. The molecule has 0 aliphatic carbocycles. The highest BCUT2D eigenvalue weighted by Gasteiger charge is 1.99. The van der Waals surface area contributed by atoms with Crippen LogP contribution in [-0.4, -0.2) is 11.2 Å². The lowest BCUT2D eigenvalue weighted by Gasteiger charge is -2.09. The standard InChI is InChI=1S/C20H20ClN2O.HI/c1-22-13-10-17(11-14-22)4-7-19-3-2-12-23(19)15-16-24-20-8-5-18(21)6-9-20;/h2-14H,15-16H2,1H3;1H/q+1;/p-1. The number of hydrogen-bond donors (Lipinski definition) is 0. The Balaban J connectivity index is 0.00000225. The van der Waals surface area contributed by atoms with Crippen LogP contribution in [0.2, 0.25) is 5.02 Å². The van der Waals surface area contributed by atoms with Crippen molar-refractivity contribution in [3.63, 3.8) is 0 Å². The van der Waals surface area contributed by atoms with Crippen molar-refractivity contribution in [2.45, 2.75) is 6.54 Å². The Morgan fingerprint density at radius 2 is 1.76 bits per heavy atom. The molecular weight excluding hydrogens is 447 g/mol. The summed E-state index contributed by atoms with van der Waals surface area (Å²) in [5.41, 5.74) is 2.33. The Kier molecular flexibility index (Phi) is 7.52. The quantitative estimate of drug-likeness (QED) is 0.395. The summed E-state index contributed by atoms with van der Waals surface area (Å²) in [4.78, 5) is 0. The number of ether oxygens (including phenoxy) is 1. The maximum Gasteiger partial charge on any atom is 0.169 e. The molecule has 0 atom stereocenters. The molecule has 0 saturated heterocycles. The fraction of sp³-hybridized carbons (Fsp3) is 0.150. The zero-order valence-corrected chi connectivity index (χ0v) is 16.9. The lowest BCUT2D eigenvalue weighted by Crippen LogP contribution is -3.00. The van der Waals surface area contributed by atoms with Gasteiger partial charge < -0.3 is 33.3 Å². The van der Waals surface area contributed by atoms with Gasteiger partial charge in [-0.05, 0) is 48.0 Å². The second-order valence-electron chi connectivity index (χ2n) is 5.56. The van der Waals surface area contributed by atoms with Gasteiger partial charge in [-0.15, -0.1) is 0 Å². The Morgan fingerprint density at radius 1 is 1.04 bits per heavy atom. The van der Waals surface area contributed by atoms with Gasteiger partial charge in [-0.3, -0.25) is 0 Å². The monoisotopic (exact) mass is 466 g/mol. The largest absolute Gasteiger partial charge is 1.00 e. The molecular formula is C20H20ClIN2O. The maximum absolute atomic E-state index is 5.87. The van der Waals surface area contributed by atoms with Crippen LogP contribution in [0.15, 0.2) is 67.1 Å². The molecule has 0 saturated carbocycles. The van der Waals surface area contributed by atoms with Gasteiger partial charge in [0.2, 0.25) is 0 Å². The summed E-state index contributed by atoms with van der Waals surface area (Å²) in [5.74, 6) is 0.834. The highest BCUT2D eigenvalue weighted by Crippen LogP contribution is 2.16. The molecule has 0 aliphatic rings. The van der Waals surface area contributed by atoms with Gasteiger partial charge in [0.1, 0.15) is 19.4 Å². The fourth-order valence-electron chi connectivity index (χ4n) is 2.38. The molecule has 0 radical (unpaired) electrons. The smallest absolute Gasteiger partial charge is 0.169 e. The van der Waals surface area contributed by atoms with Crippen molar-refractivity contribution in [1.29, 1.82) is 0 Å². The average molecular weight is 467 g/mol. The molecule has 0 aliphatic heterocycles. The highest BCUT2D eigenvalue weighted by atomic mass is 127. The number of benzene rings is 1. The average Bonchev–Trinajstić information content (AvgIpc) is 3.04. The molecule has 0 fully saturated rings. The molecule has 3 rings (SSSR count). The normalized spacial score (nSPS) is 10.6. The van der Waals surface area contributed by atoms with E-state index in [0.29, 0.717) is 6.61 Å². The molecule has 0 amide bonds.